The molecule has 204 valence electrons. The van der Waals surface area contributed by atoms with Crippen molar-refractivity contribution in [3.63, 3.8) is 0 Å². The first-order valence-electron chi connectivity index (χ1n) is 12.5. The number of hydroxylamine groups is 1. The summed E-state index contributed by atoms with van der Waals surface area (Å²) in [4.78, 5) is 35.9. The number of ether oxygens (including phenoxy) is 1. The van der Waals surface area contributed by atoms with Crippen molar-refractivity contribution in [3.05, 3.63) is 83.6 Å². The number of carbonyl (C=O) groups is 1. The molecule has 2 heterocycles. The highest BCUT2D eigenvalue weighted by Crippen LogP contribution is 2.34. The van der Waals surface area contributed by atoms with Gasteiger partial charge in [0.1, 0.15) is 17.5 Å². The van der Waals surface area contributed by atoms with E-state index in [2.05, 4.69) is 42.6 Å². The first-order chi connectivity index (χ1) is 18.7. The Hall–Kier alpha value is -4.57. The molecule has 0 aliphatic rings. The molecule has 0 radical (unpaired) electrons. The molecule has 3 N–H and O–H groups in total. The number of hydrogen-bond donors (Lipinski definition) is 3. The molecule has 0 aliphatic heterocycles. The molecule has 0 saturated carbocycles. The van der Waals surface area contributed by atoms with E-state index in [1.165, 1.54) is 6.20 Å². The summed E-state index contributed by atoms with van der Waals surface area (Å²) in [6, 6.07) is 9.22. The fraction of sp³-hybridized carbons (Fsp3) is 0.276. The summed E-state index contributed by atoms with van der Waals surface area (Å²) in [6.07, 6.45) is 5.72. The van der Waals surface area contributed by atoms with E-state index in [1.807, 2.05) is 58.9 Å². The van der Waals surface area contributed by atoms with Crippen molar-refractivity contribution in [1.82, 2.24) is 20.4 Å². The summed E-state index contributed by atoms with van der Waals surface area (Å²) >= 11 is 0. The molecule has 10 heteroatoms. The number of para-hydroxylation sites is 1. The zero-order valence-electron chi connectivity index (χ0n) is 23.3. The second kappa shape index (κ2) is 13.8. The Morgan fingerprint density at radius 2 is 1.87 bits per heavy atom. The lowest BCUT2D eigenvalue weighted by atomic mass is 10.1. The van der Waals surface area contributed by atoms with E-state index in [-0.39, 0.29) is 5.56 Å². The number of carbonyl (C=O) groups excluding carboxylic acids is 1. The molecule has 0 aliphatic carbocycles. The number of rotatable bonds is 12. The van der Waals surface area contributed by atoms with Crippen LogP contribution in [0.15, 0.2) is 65.9 Å². The van der Waals surface area contributed by atoms with E-state index in [4.69, 9.17) is 9.57 Å². The third-order valence-electron chi connectivity index (χ3n) is 5.50. The summed E-state index contributed by atoms with van der Waals surface area (Å²) in [5, 5.41) is 6.53. The molecule has 1 amide bonds. The number of anilines is 4. The molecular formula is C29H35N7O3. The predicted molar refractivity (Wildman–Crippen MR) is 155 cm³/mol. The summed E-state index contributed by atoms with van der Waals surface area (Å²) < 4.78 is 5.78. The van der Waals surface area contributed by atoms with Crippen LogP contribution in [0.5, 0.6) is 5.75 Å². The van der Waals surface area contributed by atoms with Gasteiger partial charge >= 0.3 is 0 Å². The number of methoxy groups -OCH3 is 1. The average Bonchev–Trinajstić information content (AvgIpc) is 2.91. The maximum absolute atomic E-state index is 13.0. The number of nitrogens with zero attached hydrogens (tertiary/aromatic N) is 4. The summed E-state index contributed by atoms with van der Waals surface area (Å²) in [5.74, 6) is 1.86. The van der Waals surface area contributed by atoms with Crippen LogP contribution in [0.3, 0.4) is 0 Å². The molecule has 3 rings (SSSR count). The van der Waals surface area contributed by atoms with Gasteiger partial charge in [-0.15, -0.1) is 0 Å². The van der Waals surface area contributed by atoms with Crippen molar-refractivity contribution < 1.29 is 14.4 Å². The SMILES string of the molecule is C=C/C(C)=C\N=C(C)c1cccc(Nc2cc(Nc3cc(C)nc(C)n3)ncc2C(=O)NOCCC)c1OC. The molecule has 0 saturated heterocycles. The third kappa shape index (κ3) is 7.96. The number of aliphatic imine (C=N–C) groups is 1. The van der Waals surface area contributed by atoms with Gasteiger partial charge < -0.3 is 15.4 Å². The molecule has 10 nitrogen and oxygen atoms in total. The smallest absolute Gasteiger partial charge is 0.278 e. The number of pyridine rings is 1. The van der Waals surface area contributed by atoms with Crippen molar-refractivity contribution in [2.45, 2.75) is 41.0 Å². The maximum Gasteiger partial charge on any atom is 0.278 e. The highest BCUT2D eigenvalue weighted by Gasteiger charge is 2.18. The Morgan fingerprint density at radius 3 is 2.56 bits per heavy atom. The summed E-state index contributed by atoms with van der Waals surface area (Å²) in [6.45, 7) is 13.6. The highest BCUT2D eigenvalue weighted by atomic mass is 16.6. The molecule has 0 fully saturated rings. The van der Waals surface area contributed by atoms with Crippen LogP contribution in [0.4, 0.5) is 23.0 Å². The van der Waals surface area contributed by atoms with Crippen LogP contribution in [0.1, 0.15) is 54.6 Å². The first-order valence-corrected chi connectivity index (χ1v) is 12.5. The first kappa shape index (κ1) is 29.0. The fourth-order valence-corrected chi connectivity index (χ4v) is 3.60. The minimum atomic E-state index is -0.434. The molecule has 0 unspecified atom stereocenters. The highest BCUT2D eigenvalue weighted by molar-refractivity contribution is 6.04. The Labute approximate surface area is 229 Å². The molecule has 3 aromatic rings. The Balaban J connectivity index is 2.03. The van der Waals surface area contributed by atoms with Gasteiger partial charge in [-0.05, 0) is 51.8 Å². The lowest BCUT2D eigenvalue weighted by Gasteiger charge is -2.18. The molecule has 0 atom stereocenters. The number of nitrogens with one attached hydrogen (secondary N) is 3. The van der Waals surface area contributed by atoms with E-state index >= 15 is 0 Å². The van der Waals surface area contributed by atoms with Gasteiger partial charge in [-0.3, -0.25) is 14.6 Å². The van der Waals surface area contributed by atoms with Gasteiger partial charge in [-0.1, -0.05) is 25.6 Å². The van der Waals surface area contributed by atoms with Crippen LogP contribution in [-0.4, -0.2) is 40.3 Å². The number of hydrogen-bond acceptors (Lipinski definition) is 9. The minimum absolute atomic E-state index is 0.286. The predicted octanol–water partition coefficient (Wildman–Crippen LogP) is 5.95. The van der Waals surface area contributed by atoms with Crippen LogP contribution in [0.25, 0.3) is 0 Å². The largest absolute Gasteiger partial charge is 0.494 e. The van der Waals surface area contributed by atoms with Gasteiger partial charge in [0.15, 0.2) is 5.75 Å². The third-order valence-corrected chi connectivity index (χ3v) is 5.50. The van der Waals surface area contributed by atoms with Gasteiger partial charge in [-0.25, -0.2) is 20.4 Å². The zero-order chi connectivity index (χ0) is 28.4. The van der Waals surface area contributed by atoms with Crippen molar-refractivity contribution >= 4 is 34.6 Å². The van der Waals surface area contributed by atoms with E-state index in [1.54, 1.807) is 25.5 Å². The second-order valence-corrected chi connectivity index (χ2v) is 8.76. The van der Waals surface area contributed by atoms with Crippen molar-refractivity contribution in [1.29, 1.82) is 0 Å². The second-order valence-electron chi connectivity index (χ2n) is 8.76. The van der Waals surface area contributed by atoms with Crippen LogP contribution in [0.2, 0.25) is 0 Å². The number of aromatic nitrogens is 3. The van der Waals surface area contributed by atoms with Crippen LogP contribution >= 0.6 is 0 Å². The topological polar surface area (TPSA) is 123 Å². The lowest BCUT2D eigenvalue weighted by Crippen LogP contribution is -2.25. The van der Waals surface area contributed by atoms with Crippen LogP contribution < -0.4 is 20.9 Å². The lowest BCUT2D eigenvalue weighted by molar-refractivity contribution is 0.0315. The van der Waals surface area contributed by atoms with Gasteiger partial charge in [0.2, 0.25) is 0 Å². The quantitative estimate of drug-likeness (QED) is 0.114. The normalized spacial score (nSPS) is 11.6. The van der Waals surface area contributed by atoms with Crippen molar-refractivity contribution in [2.24, 2.45) is 4.99 Å². The molecule has 0 bridgehead atoms. The Morgan fingerprint density at radius 1 is 1.08 bits per heavy atom. The fourth-order valence-electron chi connectivity index (χ4n) is 3.60. The van der Waals surface area contributed by atoms with Gasteiger partial charge in [0.25, 0.3) is 5.91 Å². The van der Waals surface area contributed by atoms with E-state index < -0.39 is 5.91 Å². The van der Waals surface area contributed by atoms with Crippen LogP contribution in [-0.2, 0) is 4.84 Å². The average molecular weight is 530 g/mol. The molecule has 1 aromatic carbocycles. The summed E-state index contributed by atoms with van der Waals surface area (Å²) in [5.41, 5.74) is 7.21. The Kier molecular flexibility index (Phi) is 10.3. The van der Waals surface area contributed by atoms with E-state index in [9.17, 15) is 4.79 Å². The van der Waals surface area contributed by atoms with E-state index in [0.717, 1.165) is 29.0 Å². The molecular weight excluding hydrogens is 494 g/mol. The summed E-state index contributed by atoms with van der Waals surface area (Å²) in [7, 11) is 1.59. The zero-order valence-corrected chi connectivity index (χ0v) is 23.3. The monoisotopic (exact) mass is 529 g/mol. The van der Waals surface area contributed by atoms with Crippen LogP contribution in [0, 0.1) is 13.8 Å². The van der Waals surface area contributed by atoms with Gasteiger partial charge in [0, 0.05) is 41.5 Å². The van der Waals surface area contributed by atoms with E-state index in [0.29, 0.717) is 41.2 Å². The molecule has 0 spiro atoms. The number of amides is 1. The standard InChI is InChI=1S/C29H35N7O3/c1-8-13-39-36-29(37)23-17-31-26(35-27-14-19(4)32-21(6)33-27)15-25(23)34-24-12-10-11-22(28(24)38-7)20(5)30-16-18(3)9-2/h9-12,14-17H,2,8,13H2,1,3-7H3,(H,36,37)(H2,31,32,33,34,35)/b18-16-,30-20?. The minimum Gasteiger partial charge on any atom is -0.494 e. The van der Waals surface area contributed by atoms with Crippen molar-refractivity contribution in [3.8, 4) is 5.75 Å². The molecule has 2 aromatic heterocycles. The van der Waals surface area contributed by atoms with Gasteiger partial charge in [0.05, 0.1) is 30.7 Å². The maximum atomic E-state index is 13.0. The van der Waals surface area contributed by atoms with Crippen molar-refractivity contribution in [2.75, 3.05) is 24.4 Å². The Bertz CT molecular complexity index is 1380. The number of aryl methyl sites for hydroxylation is 2. The van der Waals surface area contributed by atoms with Gasteiger partial charge in [-0.2, -0.15) is 0 Å². The number of benzene rings is 1. The number of allylic oxidation sites excluding steroid dienone is 2. The molecule has 39 heavy (non-hydrogen) atoms.